The average Bonchev–Trinajstić information content (AvgIpc) is 2.50. The molecular formula is C13H22N2O5S. The summed E-state index contributed by atoms with van der Waals surface area (Å²) in [6.07, 6.45) is 0. The highest BCUT2D eigenvalue weighted by Gasteiger charge is 2.19. The van der Waals surface area contributed by atoms with Crippen molar-refractivity contribution in [1.29, 1.82) is 0 Å². The first-order valence-corrected chi connectivity index (χ1v) is 7.95. The second kappa shape index (κ2) is 8.83. The smallest absolute Gasteiger partial charge is 0.244 e. The lowest BCUT2D eigenvalue weighted by atomic mass is 10.3. The van der Waals surface area contributed by atoms with Crippen LogP contribution in [-0.4, -0.2) is 56.0 Å². The monoisotopic (exact) mass is 318 g/mol. The molecular weight excluding hydrogens is 296 g/mol. The first-order chi connectivity index (χ1) is 10.0. The molecule has 0 bridgehead atoms. The number of nitrogens with one attached hydrogen (secondary N) is 2. The minimum absolute atomic E-state index is 0.0858. The van der Waals surface area contributed by atoms with Gasteiger partial charge in [-0.3, -0.25) is 0 Å². The van der Waals surface area contributed by atoms with E-state index in [-0.39, 0.29) is 17.2 Å². The van der Waals surface area contributed by atoms with Gasteiger partial charge >= 0.3 is 0 Å². The van der Waals surface area contributed by atoms with Gasteiger partial charge in [-0.2, -0.15) is 0 Å². The van der Waals surface area contributed by atoms with Crippen molar-refractivity contribution >= 4 is 10.0 Å². The van der Waals surface area contributed by atoms with Gasteiger partial charge in [0.2, 0.25) is 10.0 Å². The summed E-state index contributed by atoms with van der Waals surface area (Å²) in [6.45, 7) is 2.05. The zero-order valence-corrected chi connectivity index (χ0v) is 13.3. The SMILES string of the molecule is COCCNCCNS(=O)(=O)c1ccc(OC)cc1OC. The Kier molecular flexibility index (Phi) is 7.44. The third kappa shape index (κ3) is 5.50. The lowest BCUT2D eigenvalue weighted by molar-refractivity contribution is 0.199. The Hall–Kier alpha value is -1.35. The van der Waals surface area contributed by atoms with Gasteiger partial charge in [0.25, 0.3) is 0 Å². The van der Waals surface area contributed by atoms with Gasteiger partial charge in [0.1, 0.15) is 16.4 Å². The fraction of sp³-hybridized carbons (Fsp3) is 0.538. The largest absolute Gasteiger partial charge is 0.497 e. The molecule has 7 nitrogen and oxygen atoms in total. The van der Waals surface area contributed by atoms with Crippen LogP contribution in [0.1, 0.15) is 0 Å². The standard InChI is InChI=1S/C13H22N2O5S/c1-18-9-8-14-6-7-15-21(16,17)13-5-4-11(19-2)10-12(13)20-3/h4-5,10,14-15H,6-9H2,1-3H3. The van der Waals surface area contributed by atoms with Gasteiger partial charge in [-0.15, -0.1) is 0 Å². The van der Waals surface area contributed by atoms with E-state index in [1.807, 2.05) is 0 Å². The molecule has 0 aliphatic heterocycles. The fourth-order valence-corrected chi connectivity index (χ4v) is 2.83. The highest BCUT2D eigenvalue weighted by atomic mass is 32.2. The maximum absolute atomic E-state index is 12.2. The third-order valence-corrected chi connectivity index (χ3v) is 4.24. The van der Waals surface area contributed by atoms with Crippen molar-refractivity contribution in [3.05, 3.63) is 18.2 Å². The minimum Gasteiger partial charge on any atom is -0.497 e. The molecule has 0 saturated carbocycles. The number of hydrogen-bond acceptors (Lipinski definition) is 6. The molecule has 0 unspecified atom stereocenters. The molecule has 0 heterocycles. The summed E-state index contributed by atoms with van der Waals surface area (Å²) in [6, 6.07) is 4.57. The van der Waals surface area contributed by atoms with Crippen molar-refractivity contribution in [2.24, 2.45) is 0 Å². The van der Waals surface area contributed by atoms with E-state index in [0.717, 1.165) is 0 Å². The van der Waals surface area contributed by atoms with Crippen LogP contribution in [0.15, 0.2) is 23.1 Å². The van der Waals surface area contributed by atoms with Crippen LogP contribution in [0.5, 0.6) is 11.5 Å². The van der Waals surface area contributed by atoms with Gasteiger partial charge in [0.15, 0.2) is 0 Å². The molecule has 1 rings (SSSR count). The molecule has 0 atom stereocenters. The van der Waals surface area contributed by atoms with E-state index in [2.05, 4.69) is 10.0 Å². The predicted molar refractivity (Wildman–Crippen MR) is 79.5 cm³/mol. The molecule has 0 spiro atoms. The van der Waals surface area contributed by atoms with E-state index >= 15 is 0 Å². The number of sulfonamides is 1. The van der Waals surface area contributed by atoms with Crippen molar-refractivity contribution in [3.63, 3.8) is 0 Å². The molecule has 0 amide bonds. The normalized spacial score (nSPS) is 11.4. The summed E-state index contributed by atoms with van der Waals surface area (Å²) in [7, 11) is 0.912. The molecule has 0 radical (unpaired) electrons. The number of ether oxygens (including phenoxy) is 3. The van der Waals surface area contributed by atoms with Gasteiger partial charge < -0.3 is 19.5 Å². The molecule has 0 saturated heterocycles. The van der Waals surface area contributed by atoms with Crippen LogP contribution < -0.4 is 19.5 Å². The maximum atomic E-state index is 12.2. The molecule has 0 aromatic heterocycles. The summed E-state index contributed by atoms with van der Waals surface area (Å²) in [4.78, 5) is 0.0858. The Labute approximate surface area is 125 Å². The molecule has 120 valence electrons. The van der Waals surface area contributed by atoms with Gasteiger partial charge in [-0.05, 0) is 12.1 Å². The molecule has 2 N–H and O–H groups in total. The first kappa shape index (κ1) is 17.7. The number of methoxy groups -OCH3 is 3. The Morgan fingerprint density at radius 1 is 1.05 bits per heavy atom. The minimum atomic E-state index is -3.62. The van der Waals surface area contributed by atoms with Crippen LogP contribution in [0.25, 0.3) is 0 Å². The highest BCUT2D eigenvalue weighted by Crippen LogP contribution is 2.27. The zero-order chi connectivity index (χ0) is 15.7. The molecule has 8 heteroatoms. The second-order valence-electron chi connectivity index (χ2n) is 4.16. The summed E-state index contributed by atoms with van der Waals surface area (Å²) in [5.41, 5.74) is 0. The van der Waals surface area contributed by atoms with Crippen LogP contribution in [0.3, 0.4) is 0 Å². The third-order valence-electron chi connectivity index (χ3n) is 2.74. The lowest BCUT2D eigenvalue weighted by Crippen LogP contribution is -2.33. The van der Waals surface area contributed by atoms with Crippen LogP contribution in [0.4, 0.5) is 0 Å². The summed E-state index contributed by atoms with van der Waals surface area (Å²) in [5.74, 6) is 0.779. The molecule has 0 aliphatic carbocycles. The van der Waals surface area contributed by atoms with Gasteiger partial charge in [-0.25, -0.2) is 13.1 Å². The summed E-state index contributed by atoms with van der Waals surface area (Å²) in [5, 5.41) is 3.05. The molecule has 21 heavy (non-hydrogen) atoms. The Bertz CT molecular complexity index is 533. The highest BCUT2D eigenvalue weighted by molar-refractivity contribution is 7.89. The van der Waals surface area contributed by atoms with Crippen molar-refractivity contribution in [3.8, 4) is 11.5 Å². The number of rotatable bonds is 10. The van der Waals surface area contributed by atoms with Crippen molar-refractivity contribution in [2.45, 2.75) is 4.90 Å². The van der Waals surface area contributed by atoms with E-state index in [4.69, 9.17) is 14.2 Å². The first-order valence-electron chi connectivity index (χ1n) is 6.46. The van der Waals surface area contributed by atoms with Gasteiger partial charge in [0, 0.05) is 32.8 Å². The predicted octanol–water partition coefficient (Wildman–Crippen LogP) is 0.218. The zero-order valence-electron chi connectivity index (χ0n) is 12.5. The van der Waals surface area contributed by atoms with Gasteiger partial charge in [0.05, 0.1) is 20.8 Å². The van der Waals surface area contributed by atoms with Crippen LogP contribution in [0, 0.1) is 0 Å². The van der Waals surface area contributed by atoms with E-state index in [0.29, 0.717) is 25.4 Å². The molecule has 1 aromatic carbocycles. The molecule has 1 aromatic rings. The number of hydrogen-bond donors (Lipinski definition) is 2. The second-order valence-corrected chi connectivity index (χ2v) is 5.89. The Morgan fingerprint density at radius 2 is 1.81 bits per heavy atom. The fourth-order valence-electron chi connectivity index (χ4n) is 1.65. The molecule has 0 aliphatic rings. The van der Waals surface area contributed by atoms with Gasteiger partial charge in [-0.1, -0.05) is 0 Å². The van der Waals surface area contributed by atoms with Crippen LogP contribution in [0.2, 0.25) is 0 Å². The van der Waals surface area contributed by atoms with Crippen LogP contribution >= 0.6 is 0 Å². The Balaban J connectivity index is 2.65. The maximum Gasteiger partial charge on any atom is 0.244 e. The van der Waals surface area contributed by atoms with Crippen molar-refractivity contribution in [2.75, 3.05) is 47.6 Å². The van der Waals surface area contributed by atoms with E-state index in [9.17, 15) is 8.42 Å². The Morgan fingerprint density at radius 3 is 2.43 bits per heavy atom. The quantitative estimate of drug-likeness (QED) is 0.600. The average molecular weight is 318 g/mol. The summed E-state index contributed by atoms with van der Waals surface area (Å²) < 4.78 is 42.0. The van der Waals surface area contributed by atoms with E-state index < -0.39 is 10.0 Å². The van der Waals surface area contributed by atoms with E-state index in [1.54, 1.807) is 13.2 Å². The topological polar surface area (TPSA) is 85.9 Å². The molecule has 0 fully saturated rings. The van der Waals surface area contributed by atoms with E-state index in [1.165, 1.54) is 26.4 Å². The lowest BCUT2D eigenvalue weighted by Gasteiger charge is -2.12. The van der Waals surface area contributed by atoms with Crippen molar-refractivity contribution < 1.29 is 22.6 Å². The van der Waals surface area contributed by atoms with Crippen LogP contribution in [-0.2, 0) is 14.8 Å². The number of benzene rings is 1. The summed E-state index contributed by atoms with van der Waals surface area (Å²) >= 11 is 0. The van der Waals surface area contributed by atoms with Crippen molar-refractivity contribution in [1.82, 2.24) is 10.0 Å².